The smallest absolute Gasteiger partial charge is 0.276 e. The predicted octanol–water partition coefficient (Wildman–Crippen LogP) is 4.17. The number of rotatable bonds is 4. The minimum absolute atomic E-state index is 0.562. The third-order valence-electron chi connectivity index (χ3n) is 4.80. The number of hydrogen-bond acceptors (Lipinski definition) is 5. The van der Waals surface area contributed by atoms with Crippen LogP contribution in [-0.2, 0) is 0 Å². The molecule has 2 fully saturated rings. The molecule has 106 valence electrons. The molecule has 2 saturated carbocycles. The summed E-state index contributed by atoms with van der Waals surface area (Å²) < 4.78 is 11.0. The molecule has 4 rings (SSSR count). The Labute approximate surface area is 122 Å². The zero-order valence-corrected chi connectivity index (χ0v) is 12.4. The molecule has 0 aromatic carbocycles. The molecule has 2 aromatic rings. The number of thioether (sulfide) groups is 1. The largest absolute Gasteiger partial charge is 0.469 e. The van der Waals surface area contributed by atoms with E-state index in [1.54, 1.807) is 18.0 Å². The molecule has 0 aliphatic heterocycles. The van der Waals surface area contributed by atoms with Gasteiger partial charge in [-0.15, -0.1) is 10.2 Å². The van der Waals surface area contributed by atoms with Crippen LogP contribution < -0.4 is 0 Å². The quantitative estimate of drug-likeness (QED) is 0.791. The summed E-state index contributed by atoms with van der Waals surface area (Å²) in [6.45, 7) is 1.90. The molecule has 2 bridgehead atoms. The molecular formula is C15H18N2O2S. The van der Waals surface area contributed by atoms with E-state index in [9.17, 15) is 0 Å². The Morgan fingerprint density at radius 2 is 2.25 bits per heavy atom. The maximum atomic E-state index is 5.73. The summed E-state index contributed by atoms with van der Waals surface area (Å²) in [5.41, 5.74) is 0.893. The zero-order chi connectivity index (χ0) is 13.5. The standard InChI is InChI=1S/C15H18N2O2S/c1-9-13(4-5-18-9)14-16-17-15(19-14)20-8-12-7-10-2-3-11(12)6-10/h4-5,10-12H,2-3,6-8H2,1H3/t10-,11-,12+/m0/s1. The Morgan fingerprint density at radius 1 is 1.30 bits per heavy atom. The second-order valence-corrected chi connectivity index (χ2v) is 6.98. The Balaban J connectivity index is 1.40. The topological polar surface area (TPSA) is 52.1 Å². The molecule has 4 nitrogen and oxygen atoms in total. The number of aromatic nitrogens is 2. The van der Waals surface area contributed by atoms with Crippen LogP contribution in [0.4, 0.5) is 0 Å². The summed E-state index contributed by atoms with van der Waals surface area (Å²) in [4.78, 5) is 0. The minimum Gasteiger partial charge on any atom is -0.469 e. The van der Waals surface area contributed by atoms with Gasteiger partial charge in [-0.3, -0.25) is 0 Å². The van der Waals surface area contributed by atoms with Crippen LogP contribution in [0.3, 0.4) is 0 Å². The van der Waals surface area contributed by atoms with Crippen molar-refractivity contribution in [1.82, 2.24) is 10.2 Å². The summed E-state index contributed by atoms with van der Waals surface area (Å²) in [6.07, 6.45) is 7.39. The number of furan rings is 1. The van der Waals surface area contributed by atoms with Gasteiger partial charge >= 0.3 is 0 Å². The lowest BCUT2D eigenvalue weighted by Crippen LogP contribution is -2.12. The molecule has 2 aromatic heterocycles. The molecule has 0 spiro atoms. The lowest BCUT2D eigenvalue weighted by Gasteiger charge is -2.19. The number of aryl methyl sites for hydroxylation is 1. The molecule has 0 amide bonds. The van der Waals surface area contributed by atoms with Gasteiger partial charge in [0.25, 0.3) is 11.1 Å². The van der Waals surface area contributed by atoms with Crippen LogP contribution in [0.1, 0.15) is 31.4 Å². The molecule has 3 atom stereocenters. The molecule has 2 aliphatic carbocycles. The van der Waals surface area contributed by atoms with E-state index < -0.39 is 0 Å². The van der Waals surface area contributed by atoms with Gasteiger partial charge < -0.3 is 8.83 Å². The van der Waals surface area contributed by atoms with E-state index in [0.717, 1.165) is 34.8 Å². The first kappa shape index (κ1) is 12.5. The molecule has 0 N–H and O–H groups in total. The Morgan fingerprint density at radius 3 is 2.95 bits per heavy atom. The van der Waals surface area contributed by atoms with Gasteiger partial charge in [0.1, 0.15) is 5.76 Å². The van der Waals surface area contributed by atoms with Crippen molar-refractivity contribution >= 4 is 11.8 Å². The van der Waals surface area contributed by atoms with Crippen molar-refractivity contribution in [3.63, 3.8) is 0 Å². The van der Waals surface area contributed by atoms with E-state index in [1.807, 2.05) is 13.0 Å². The van der Waals surface area contributed by atoms with E-state index >= 15 is 0 Å². The van der Waals surface area contributed by atoms with Crippen molar-refractivity contribution in [1.29, 1.82) is 0 Å². The van der Waals surface area contributed by atoms with E-state index in [4.69, 9.17) is 8.83 Å². The van der Waals surface area contributed by atoms with Crippen LogP contribution >= 0.6 is 11.8 Å². The Kier molecular flexibility index (Phi) is 3.10. The van der Waals surface area contributed by atoms with E-state index in [2.05, 4.69) is 10.2 Å². The van der Waals surface area contributed by atoms with Crippen molar-refractivity contribution < 1.29 is 8.83 Å². The maximum Gasteiger partial charge on any atom is 0.276 e. The van der Waals surface area contributed by atoms with Gasteiger partial charge in [-0.1, -0.05) is 18.2 Å². The molecule has 0 radical (unpaired) electrons. The molecule has 0 unspecified atom stereocenters. The number of fused-ring (bicyclic) bond motifs is 2. The van der Waals surface area contributed by atoms with Gasteiger partial charge in [-0.25, -0.2) is 0 Å². The highest BCUT2D eigenvalue weighted by Crippen LogP contribution is 2.49. The monoisotopic (exact) mass is 290 g/mol. The van der Waals surface area contributed by atoms with Gasteiger partial charge in [-0.2, -0.15) is 0 Å². The van der Waals surface area contributed by atoms with Crippen LogP contribution in [0.25, 0.3) is 11.5 Å². The highest BCUT2D eigenvalue weighted by Gasteiger charge is 2.39. The van der Waals surface area contributed by atoms with Crippen LogP contribution in [0.15, 0.2) is 26.4 Å². The maximum absolute atomic E-state index is 5.73. The number of hydrogen-bond donors (Lipinski definition) is 0. The normalized spacial score (nSPS) is 28.4. The molecule has 5 heteroatoms. The van der Waals surface area contributed by atoms with Crippen molar-refractivity contribution in [2.24, 2.45) is 17.8 Å². The van der Waals surface area contributed by atoms with E-state index in [1.165, 1.54) is 25.7 Å². The minimum atomic E-state index is 0.562. The summed E-state index contributed by atoms with van der Waals surface area (Å²) >= 11 is 1.71. The first-order chi connectivity index (χ1) is 9.79. The van der Waals surface area contributed by atoms with Gasteiger partial charge in [0.2, 0.25) is 0 Å². The molecule has 2 aliphatic rings. The Hall–Kier alpha value is -1.23. The fourth-order valence-electron chi connectivity index (χ4n) is 3.74. The lowest BCUT2D eigenvalue weighted by molar-refractivity contribution is 0.364. The molecule has 0 saturated heterocycles. The second kappa shape index (κ2) is 4.95. The molecule has 20 heavy (non-hydrogen) atoms. The first-order valence-electron chi connectivity index (χ1n) is 7.30. The predicted molar refractivity (Wildman–Crippen MR) is 76.4 cm³/mol. The molecule has 2 heterocycles. The summed E-state index contributed by atoms with van der Waals surface area (Å²) in [6, 6.07) is 1.87. The SMILES string of the molecule is Cc1occc1-c1nnc(SC[C@H]2C[C@H]3CC[C@H]2C3)o1. The molecular weight excluding hydrogens is 272 g/mol. The van der Waals surface area contributed by atoms with Crippen LogP contribution in [0, 0.1) is 24.7 Å². The van der Waals surface area contributed by atoms with Crippen molar-refractivity contribution in [3.8, 4) is 11.5 Å². The van der Waals surface area contributed by atoms with Gasteiger partial charge in [0, 0.05) is 5.75 Å². The van der Waals surface area contributed by atoms with Crippen LogP contribution in [-0.4, -0.2) is 16.0 Å². The van der Waals surface area contributed by atoms with Gasteiger partial charge in [0.05, 0.1) is 11.8 Å². The summed E-state index contributed by atoms with van der Waals surface area (Å²) in [5.74, 6) is 5.30. The third-order valence-corrected chi connectivity index (χ3v) is 5.81. The summed E-state index contributed by atoms with van der Waals surface area (Å²) in [7, 11) is 0. The average Bonchev–Trinajstić information content (AvgIpc) is 3.20. The number of nitrogens with zero attached hydrogens (tertiary/aromatic N) is 2. The van der Waals surface area contributed by atoms with Crippen molar-refractivity contribution in [2.75, 3.05) is 5.75 Å². The average molecular weight is 290 g/mol. The fourth-order valence-corrected chi connectivity index (χ4v) is 4.74. The van der Waals surface area contributed by atoms with E-state index in [0.29, 0.717) is 11.1 Å². The van der Waals surface area contributed by atoms with E-state index in [-0.39, 0.29) is 0 Å². The second-order valence-electron chi connectivity index (χ2n) is 6.01. The summed E-state index contributed by atoms with van der Waals surface area (Å²) in [5, 5.41) is 8.94. The third kappa shape index (κ3) is 2.18. The van der Waals surface area contributed by atoms with Gasteiger partial charge in [-0.05, 0) is 50.0 Å². The fraction of sp³-hybridized carbons (Fsp3) is 0.600. The van der Waals surface area contributed by atoms with Crippen LogP contribution in [0.5, 0.6) is 0 Å². The van der Waals surface area contributed by atoms with Crippen molar-refractivity contribution in [3.05, 3.63) is 18.1 Å². The van der Waals surface area contributed by atoms with Crippen molar-refractivity contribution in [2.45, 2.75) is 37.8 Å². The Bertz CT molecular complexity index is 607. The highest BCUT2D eigenvalue weighted by molar-refractivity contribution is 7.99. The first-order valence-corrected chi connectivity index (χ1v) is 8.29. The van der Waals surface area contributed by atoms with Crippen LogP contribution in [0.2, 0.25) is 0 Å². The zero-order valence-electron chi connectivity index (χ0n) is 11.5. The highest BCUT2D eigenvalue weighted by atomic mass is 32.2. The lowest BCUT2D eigenvalue weighted by atomic mass is 9.90. The van der Waals surface area contributed by atoms with Gasteiger partial charge in [0.15, 0.2) is 0 Å².